The van der Waals surface area contributed by atoms with Crippen LogP contribution in [-0.2, 0) is 23.5 Å². The Morgan fingerprint density at radius 3 is 2.71 bits per heavy atom. The average Bonchev–Trinajstić information content (AvgIpc) is 2.84. The van der Waals surface area contributed by atoms with Crippen molar-refractivity contribution in [2.24, 2.45) is 7.05 Å². The van der Waals surface area contributed by atoms with Gasteiger partial charge in [-0.15, -0.1) is 10.2 Å². The molecule has 0 aliphatic carbocycles. The van der Waals surface area contributed by atoms with Crippen LogP contribution in [0.25, 0.3) is 0 Å². The maximum Gasteiger partial charge on any atom is 0.242 e. The summed E-state index contributed by atoms with van der Waals surface area (Å²) in [6.07, 6.45) is 2.34. The van der Waals surface area contributed by atoms with Gasteiger partial charge in [-0.05, 0) is 25.2 Å². The van der Waals surface area contributed by atoms with Crippen molar-refractivity contribution in [1.29, 1.82) is 0 Å². The largest absolute Gasteiger partial charge is 0.398 e. The van der Waals surface area contributed by atoms with Gasteiger partial charge in [0.25, 0.3) is 0 Å². The lowest BCUT2D eigenvalue weighted by Crippen LogP contribution is -2.20. The predicted octanol–water partition coefficient (Wildman–Crippen LogP) is -0.0400. The van der Waals surface area contributed by atoms with Gasteiger partial charge in [-0.2, -0.15) is 0 Å². The van der Waals surface area contributed by atoms with Crippen molar-refractivity contribution in [3.63, 3.8) is 0 Å². The third kappa shape index (κ3) is 3.50. The van der Waals surface area contributed by atoms with E-state index in [0.29, 0.717) is 13.0 Å². The Morgan fingerprint density at radius 2 is 2.14 bits per heavy atom. The lowest BCUT2D eigenvalue weighted by atomic mass is 10.2. The number of hydrogen-bond donors (Lipinski definition) is 3. The quantitative estimate of drug-likeness (QED) is 0.645. The van der Waals surface area contributed by atoms with Gasteiger partial charge in [0.2, 0.25) is 10.0 Å². The van der Waals surface area contributed by atoms with Gasteiger partial charge in [-0.25, -0.2) is 13.1 Å². The number of nitrogen functional groups attached to an aromatic ring is 1. The summed E-state index contributed by atoms with van der Waals surface area (Å²) in [6.45, 7) is 0.643. The Labute approximate surface area is 123 Å². The Hall–Kier alpha value is -2.13. The average molecular weight is 310 g/mol. The number of hydrogen-bond acceptors (Lipinski definition) is 6. The summed E-state index contributed by atoms with van der Waals surface area (Å²) in [5.74, 6) is 0.866. The second-order valence-electron chi connectivity index (χ2n) is 4.50. The van der Waals surface area contributed by atoms with Crippen LogP contribution in [0.3, 0.4) is 0 Å². The molecule has 0 fully saturated rings. The summed E-state index contributed by atoms with van der Waals surface area (Å²) in [5, 5.41) is 11.0. The topological polar surface area (TPSA) is 115 Å². The first-order chi connectivity index (χ1) is 9.94. The van der Waals surface area contributed by atoms with E-state index in [2.05, 4.69) is 20.2 Å². The van der Waals surface area contributed by atoms with Gasteiger partial charge < -0.3 is 15.6 Å². The first-order valence-corrected chi connectivity index (χ1v) is 7.82. The molecule has 1 aromatic heterocycles. The molecule has 0 saturated carbocycles. The number of nitrogens with one attached hydrogen (secondary N) is 2. The van der Waals surface area contributed by atoms with Gasteiger partial charge in [-0.3, -0.25) is 0 Å². The molecule has 0 radical (unpaired) electrons. The summed E-state index contributed by atoms with van der Waals surface area (Å²) < 4.78 is 27.5. The molecule has 2 aromatic rings. The van der Waals surface area contributed by atoms with Crippen molar-refractivity contribution < 1.29 is 8.42 Å². The first-order valence-electron chi connectivity index (χ1n) is 6.34. The van der Waals surface area contributed by atoms with Crippen molar-refractivity contribution in [3.8, 4) is 0 Å². The van der Waals surface area contributed by atoms with E-state index in [1.807, 2.05) is 11.6 Å². The number of rotatable bonds is 6. The van der Waals surface area contributed by atoms with Crippen LogP contribution in [0.4, 0.5) is 11.4 Å². The zero-order chi connectivity index (χ0) is 15.5. The molecule has 0 atom stereocenters. The maximum atomic E-state index is 11.7. The predicted molar refractivity (Wildman–Crippen MR) is 80.3 cm³/mol. The van der Waals surface area contributed by atoms with E-state index in [1.54, 1.807) is 18.5 Å². The standard InChI is InChI=1S/C12H18N6O2S/c1-14-21(19,20)11-4-3-9(7-10(11)13)15-6-5-12-17-16-8-18(12)2/h3-4,7-8,14-15H,5-6,13H2,1-2H3. The SMILES string of the molecule is CNS(=O)(=O)c1ccc(NCCc2nncn2C)cc1N. The van der Waals surface area contributed by atoms with Crippen LogP contribution in [-0.4, -0.2) is 36.8 Å². The minimum absolute atomic E-state index is 0.0730. The monoisotopic (exact) mass is 310 g/mol. The Balaban J connectivity index is 2.02. The molecule has 0 spiro atoms. The van der Waals surface area contributed by atoms with Gasteiger partial charge in [0.05, 0.1) is 5.69 Å². The van der Waals surface area contributed by atoms with E-state index < -0.39 is 10.0 Å². The van der Waals surface area contributed by atoms with Gasteiger partial charge in [0, 0.05) is 25.7 Å². The summed E-state index contributed by atoms with van der Waals surface area (Å²) in [6, 6.07) is 4.75. The fourth-order valence-corrected chi connectivity index (χ4v) is 2.70. The molecule has 0 aliphatic heterocycles. The van der Waals surface area contributed by atoms with Crippen molar-refractivity contribution in [3.05, 3.63) is 30.4 Å². The highest BCUT2D eigenvalue weighted by Gasteiger charge is 2.15. The lowest BCUT2D eigenvalue weighted by Gasteiger charge is -2.10. The van der Waals surface area contributed by atoms with E-state index in [0.717, 1.165) is 11.5 Å². The highest BCUT2D eigenvalue weighted by Crippen LogP contribution is 2.22. The second kappa shape index (κ2) is 6.10. The summed E-state index contributed by atoms with van der Waals surface area (Å²) in [4.78, 5) is 0.0730. The van der Waals surface area contributed by atoms with E-state index in [-0.39, 0.29) is 10.6 Å². The number of sulfonamides is 1. The fourth-order valence-electron chi connectivity index (χ4n) is 1.87. The fraction of sp³-hybridized carbons (Fsp3) is 0.333. The maximum absolute atomic E-state index is 11.7. The first kappa shape index (κ1) is 15.3. The highest BCUT2D eigenvalue weighted by molar-refractivity contribution is 7.89. The molecule has 0 bridgehead atoms. The highest BCUT2D eigenvalue weighted by atomic mass is 32.2. The lowest BCUT2D eigenvalue weighted by molar-refractivity contribution is 0.588. The molecule has 1 heterocycles. The second-order valence-corrected chi connectivity index (χ2v) is 6.35. The molecule has 8 nitrogen and oxygen atoms in total. The summed E-state index contributed by atoms with van der Waals surface area (Å²) in [5.41, 5.74) is 6.74. The Morgan fingerprint density at radius 1 is 1.38 bits per heavy atom. The number of benzene rings is 1. The molecule has 2 rings (SSSR count). The van der Waals surface area contributed by atoms with Crippen LogP contribution in [0, 0.1) is 0 Å². The summed E-state index contributed by atoms with van der Waals surface area (Å²) >= 11 is 0. The van der Waals surface area contributed by atoms with Crippen molar-refractivity contribution in [2.75, 3.05) is 24.6 Å². The minimum Gasteiger partial charge on any atom is -0.398 e. The summed E-state index contributed by atoms with van der Waals surface area (Å²) in [7, 11) is -0.303. The smallest absolute Gasteiger partial charge is 0.242 e. The van der Waals surface area contributed by atoms with E-state index in [1.165, 1.54) is 13.1 Å². The van der Waals surface area contributed by atoms with E-state index >= 15 is 0 Å². The molecular formula is C12H18N6O2S. The number of aromatic nitrogens is 3. The Kier molecular flexibility index (Phi) is 4.43. The number of aryl methyl sites for hydroxylation is 1. The molecule has 0 aliphatic rings. The molecular weight excluding hydrogens is 292 g/mol. The zero-order valence-electron chi connectivity index (χ0n) is 11.9. The third-order valence-electron chi connectivity index (χ3n) is 3.05. The molecule has 0 saturated heterocycles. The van der Waals surface area contributed by atoms with E-state index in [9.17, 15) is 8.42 Å². The number of nitrogens with two attached hydrogens (primary N) is 1. The van der Waals surface area contributed by atoms with Crippen LogP contribution in [0.5, 0.6) is 0 Å². The van der Waals surface area contributed by atoms with Crippen molar-refractivity contribution >= 4 is 21.4 Å². The van der Waals surface area contributed by atoms with Crippen LogP contribution in [0.2, 0.25) is 0 Å². The van der Waals surface area contributed by atoms with Crippen LogP contribution < -0.4 is 15.8 Å². The third-order valence-corrected chi connectivity index (χ3v) is 4.54. The van der Waals surface area contributed by atoms with Gasteiger partial charge in [0.15, 0.2) is 0 Å². The van der Waals surface area contributed by atoms with Gasteiger partial charge in [-0.1, -0.05) is 0 Å². The molecule has 114 valence electrons. The van der Waals surface area contributed by atoms with Crippen molar-refractivity contribution in [1.82, 2.24) is 19.5 Å². The molecule has 0 amide bonds. The number of anilines is 2. The zero-order valence-corrected chi connectivity index (χ0v) is 12.7. The van der Waals surface area contributed by atoms with Crippen LogP contribution in [0.1, 0.15) is 5.82 Å². The van der Waals surface area contributed by atoms with Crippen molar-refractivity contribution in [2.45, 2.75) is 11.3 Å². The van der Waals surface area contributed by atoms with E-state index in [4.69, 9.17) is 5.73 Å². The molecule has 21 heavy (non-hydrogen) atoms. The van der Waals surface area contributed by atoms with Crippen LogP contribution in [0.15, 0.2) is 29.4 Å². The van der Waals surface area contributed by atoms with Crippen LogP contribution >= 0.6 is 0 Å². The molecule has 0 unspecified atom stereocenters. The molecule has 4 N–H and O–H groups in total. The van der Waals surface area contributed by atoms with Gasteiger partial charge in [0.1, 0.15) is 17.0 Å². The van der Waals surface area contributed by atoms with Gasteiger partial charge >= 0.3 is 0 Å². The molecule has 9 heteroatoms. The Bertz CT molecular complexity index is 725. The molecule has 1 aromatic carbocycles. The normalized spacial score (nSPS) is 11.5. The number of nitrogens with zero attached hydrogens (tertiary/aromatic N) is 3. The minimum atomic E-state index is -3.53.